The van der Waals surface area contributed by atoms with Gasteiger partial charge >= 0.3 is 0 Å². The van der Waals surface area contributed by atoms with E-state index in [-0.39, 0.29) is 28.6 Å². The van der Waals surface area contributed by atoms with Crippen molar-refractivity contribution in [2.45, 2.75) is 38.3 Å². The average molecular weight is 285 g/mol. The van der Waals surface area contributed by atoms with E-state index in [4.69, 9.17) is 17.3 Å². The zero-order valence-corrected chi connectivity index (χ0v) is 11.7. The van der Waals surface area contributed by atoms with Crippen LogP contribution in [0.4, 0.5) is 4.39 Å². The Labute approximate surface area is 117 Å². The van der Waals surface area contributed by atoms with Gasteiger partial charge in [-0.3, -0.25) is 4.79 Å². The molecule has 0 unspecified atom stereocenters. The summed E-state index contributed by atoms with van der Waals surface area (Å²) in [4.78, 5) is 14.1. The summed E-state index contributed by atoms with van der Waals surface area (Å²) in [5, 5.41) is 0.288. The third-order valence-corrected chi connectivity index (χ3v) is 3.81. The number of benzene rings is 1. The predicted molar refractivity (Wildman–Crippen MR) is 73.7 cm³/mol. The highest BCUT2D eigenvalue weighted by molar-refractivity contribution is 6.30. The molecule has 19 heavy (non-hydrogen) atoms. The molecule has 0 aliphatic carbocycles. The number of rotatable bonds is 2. The summed E-state index contributed by atoms with van der Waals surface area (Å²) in [6.07, 6.45) is 2.86. The first-order chi connectivity index (χ1) is 9.00. The largest absolute Gasteiger partial charge is 0.334 e. The van der Waals surface area contributed by atoms with Crippen molar-refractivity contribution in [1.82, 2.24) is 4.90 Å². The van der Waals surface area contributed by atoms with Gasteiger partial charge in [0, 0.05) is 23.7 Å². The summed E-state index contributed by atoms with van der Waals surface area (Å²) < 4.78 is 13.8. The molecule has 1 aliphatic heterocycles. The summed E-state index contributed by atoms with van der Waals surface area (Å²) in [7, 11) is 0. The van der Waals surface area contributed by atoms with Crippen molar-refractivity contribution >= 4 is 17.5 Å². The molecular formula is C14H18ClFN2O. The lowest BCUT2D eigenvalue weighted by Gasteiger charge is -2.38. The minimum atomic E-state index is -0.577. The van der Waals surface area contributed by atoms with Gasteiger partial charge < -0.3 is 10.6 Å². The third-order valence-electron chi connectivity index (χ3n) is 3.58. The molecule has 2 rings (SSSR count). The van der Waals surface area contributed by atoms with E-state index in [1.807, 2.05) is 6.92 Å². The van der Waals surface area contributed by atoms with Crippen molar-refractivity contribution in [2.75, 3.05) is 6.54 Å². The molecule has 1 fully saturated rings. The summed E-state index contributed by atoms with van der Waals surface area (Å²) in [5.74, 6) is -0.873. The summed E-state index contributed by atoms with van der Waals surface area (Å²) in [5.41, 5.74) is 5.99. The van der Waals surface area contributed by atoms with Crippen LogP contribution in [-0.2, 0) is 0 Å². The van der Waals surface area contributed by atoms with E-state index in [0.29, 0.717) is 6.54 Å². The molecule has 0 aromatic heterocycles. The molecule has 1 aromatic carbocycles. The first-order valence-corrected chi connectivity index (χ1v) is 6.90. The normalized spacial score (nSPS) is 21.3. The predicted octanol–water partition coefficient (Wildman–Crippen LogP) is 2.82. The van der Waals surface area contributed by atoms with Crippen molar-refractivity contribution < 1.29 is 9.18 Å². The Morgan fingerprint density at radius 3 is 2.89 bits per heavy atom. The van der Waals surface area contributed by atoms with Gasteiger partial charge in [-0.05, 0) is 44.4 Å². The Morgan fingerprint density at radius 1 is 1.53 bits per heavy atom. The molecule has 104 valence electrons. The first-order valence-electron chi connectivity index (χ1n) is 6.52. The molecule has 2 atom stereocenters. The molecule has 0 radical (unpaired) electrons. The van der Waals surface area contributed by atoms with Gasteiger partial charge in [0.25, 0.3) is 5.91 Å². The fraction of sp³-hybridized carbons (Fsp3) is 0.500. The maximum absolute atomic E-state index is 13.8. The molecule has 1 saturated heterocycles. The molecule has 1 amide bonds. The molecule has 0 saturated carbocycles. The number of nitrogens with zero attached hydrogens (tertiary/aromatic N) is 1. The van der Waals surface area contributed by atoms with Gasteiger partial charge in [-0.25, -0.2) is 4.39 Å². The minimum absolute atomic E-state index is 0.0173. The quantitative estimate of drug-likeness (QED) is 0.908. The third kappa shape index (κ3) is 3.07. The molecule has 1 aromatic rings. The van der Waals surface area contributed by atoms with E-state index < -0.39 is 5.82 Å². The van der Waals surface area contributed by atoms with Crippen molar-refractivity contribution in [3.8, 4) is 0 Å². The number of piperidine rings is 1. The number of carbonyl (C=O) groups is 1. The second kappa shape index (κ2) is 5.88. The summed E-state index contributed by atoms with van der Waals surface area (Å²) >= 11 is 5.70. The van der Waals surface area contributed by atoms with E-state index in [1.54, 1.807) is 4.90 Å². The van der Waals surface area contributed by atoms with Crippen LogP contribution in [0, 0.1) is 5.82 Å². The van der Waals surface area contributed by atoms with Crippen LogP contribution in [0.5, 0.6) is 0 Å². The second-order valence-corrected chi connectivity index (χ2v) is 5.48. The van der Waals surface area contributed by atoms with Crippen LogP contribution in [0.25, 0.3) is 0 Å². The molecule has 1 heterocycles. The number of carbonyl (C=O) groups excluding carboxylic acids is 1. The number of nitrogens with two attached hydrogens (primary N) is 1. The molecule has 3 nitrogen and oxygen atoms in total. The van der Waals surface area contributed by atoms with Gasteiger partial charge in [-0.1, -0.05) is 11.6 Å². The molecule has 0 bridgehead atoms. The van der Waals surface area contributed by atoms with E-state index in [2.05, 4.69) is 0 Å². The minimum Gasteiger partial charge on any atom is -0.334 e. The van der Waals surface area contributed by atoms with E-state index in [0.717, 1.165) is 19.3 Å². The number of hydrogen-bond donors (Lipinski definition) is 1. The Bertz CT molecular complexity index is 479. The van der Waals surface area contributed by atoms with Crippen LogP contribution in [0.3, 0.4) is 0 Å². The van der Waals surface area contributed by atoms with Crippen LogP contribution in [0.1, 0.15) is 36.5 Å². The molecule has 0 spiro atoms. The van der Waals surface area contributed by atoms with Gasteiger partial charge in [0.15, 0.2) is 0 Å². The lowest BCUT2D eigenvalue weighted by molar-refractivity contribution is 0.0579. The highest BCUT2D eigenvalue weighted by Crippen LogP contribution is 2.23. The van der Waals surface area contributed by atoms with Crippen molar-refractivity contribution in [1.29, 1.82) is 0 Å². The Morgan fingerprint density at radius 2 is 2.26 bits per heavy atom. The number of likely N-dealkylation sites (tertiary alicyclic amines) is 1. The average Bonchev–Trinajstić information content (AvgIpc) is 2.38. The van der Waals surface area contributed by atoms with E-state index >= 15 is 0 Å². The van der Waals surface area contributed by atoms with Crippen LogP contribution in [0.2, 0.25) is 5.02 Å². The monoisotopic (exact) mass is 284 g/mol. The second-order valence-electron chi connectivity index (χ2n) is 5.04. The van der Waals surface area contributed by atoms with Gasteiger partial charge in [-0.15, -0.1) is 0 Å². The van der Waals surface area contributed by atoms with Crippen molar-refractivity contribution in [3.63, 3.8) is 0 Å². The summed E-state index contributed by atoms with van der Waals surface area (Å²) in [6.45, 7) is 2.52. The van der Waals surface area contributed by atoms with Crippen LogP contribution < -0.4 is 5.73 Å². The van der Waals surface area contributed by atoms with Crippen LogP contribution in [-0.4, -0.2) is 29.4 Å². The highest BCUT2D eigenvalue weighted by Gasteiger charge is 2.30. The maximum Gasteiger partial charge on any atom is 0.257 e. The number of amides is 1. The van der Waals surface area contributed by atoms with Crippen molar-refractivity contribution in [2.24, 2.45) is 5.73 Å². The van der Waals surface area contributed by atoms with Crippen LogP contribution in [0.15, 0.2) is 18.2 Å². The van der Waals surface area contributed by atoms with E-state index in [9.17, 15) is 9.18 Å². The Kier molecular flexibility index (Phi) is 4.42. The zero-order valence-electron chi connectivity index (χ0n) is 10.9. The van der Waals surface area contributed by atoms with Gasteiger partial charge in [0.2, 0.25) is 0 Å². The van der Waals surface area contributed by atoms with Crippen LogP contribution >= 0.6 is 11.6 Å². The highest BCUT2D eigenvalue weighted by atomic mass is 35.5. The topological polar surface area (TPSA) is 46.3 Å². The molecule has 2 N–H and O–H groups in total. The number of hydrogen-bond acceptors (Lipinski definition) is 2. The fourth-order valence-electron chi connectivity index (χ4n) is 2.57. The van der Waals surface area contributed by atoms with Gasteiger partial charge in [0.1, 0.15) is 5.82 Å². The smallest absolute Gasteiger partial charge is 0.257 e. The van der Waals surface area contributed by atoms with E-state index in [1.165, 1.54) is 18.2 Å². The molecular weight excluding hydrogens is 267 g/mol. The fourth-order valence-corrected chi connectivity index (χ4v) is 2.73. The standard InChI is InChI=1S/C14H18ClFN2O/c1-9(17)13-4-2-3-7-18(13)14(19)11-6-5-10(15)8-12(11)16/h5-6,8-9,13H,2-4,7,17H2,1H3/t9-,13-/m1/s1. The lowest BCUT2D eigenvalue weighted by Crippen LogP contribution is -2.51. The van der Waals surface area contributed by atoms with Crippen molar-refractivity contribution in [3.05, 3.63) is 34.6 Å². The number of halogens is 2. The van der Waals surface area contributed by atoms with Gasteiger partial charge in [-0.2, -0.15) is 0 Å². The molecule has 1 aliphatic rings. The molecule has 5 heteroatoms. The zero-order chi connectivity index (χ0) is 14.0. The SMILES string of the molecule is C[C@@H](N)[C@H]1CCCCN1C(=O)c1ccc(Cl)cc1F. The summed E-state index contributed by atoms with van der Waals surface area (Å²) in [6, 6.07) is 4.01. The Balaban J connectivity index is 2.26. The first kappa shape index (κ1) is 14.3. The lowest BCUT2D eigenvalue weighted by atomic mass is 9.96. The Hall–Kier alpha value is -1.13. The van der Waals surface area contributed by atoms with Gasteiger partial charge in [0.05, 0.1) is 5.56 Å². The maximum atomic E-state index is 13.8.